The smallest absolute Gasteiger partial charge is 0.321 e. The largest absolute Gasteiger partial charge is 0.487 e. The first-order valence-corrected chi connectivity index (χ1v) is 9.27. The van der Waals surface area contributed by atoms with Gasteiger partial charge in [0, 0.05) is 5.41 Å². The highest BCUT2D eigenvalue weighted by atomic mass is 32.2. The van der Waals surface area contributed by atoms with Crippen molar-refractivity contribution in [2.75, 3.05) is 19.8 Å². The second-order valence-electron chi connectivity index (χ2n) is 5.08. The van der Waals surface area contributed by atoms with Crippen LogP contribution in [0, 0.1) is 5.82 Å². The Kier molecular flexibility index (Phi) is 7.31. The first-order chi connectivity index (χ1) is 12.5. The molecule has 0 fully saturated rings. The van der Waals surface area contributed by atoms with Gasteiger partial charge in [-0.05, 0) is 23.8 Å². The van der Waals surface area contributed by atoms with Crippen molar-refractivity contribution in [1.29, 1.82) is 0 Å². The summed E-state index contributed by atoms with van der Waals surface area (Å²) in [6.07, 6.45) is 1.41. The van der Waals surface area contributed by atoms with Crippen LogP contribution in [-0.2, 0) is 19.6 Å². The fraction of sp³-hybridized carbons (Fsp3) is 0.167. The van der Waals surface area contributed by atoms with Crippen LogP contribution < -0.4 is 9.46 Å². The molecule has 0 saturated carbocycles. The van der Waals surface area contributed by atoms with Crippen LogP contribution in [0.4, 0.5) is 4.39 Å². The topological polar surface area (TPSA) is 81.7 Å². The molecule has 2 aromatic rings. The van der Waals surface area contributed by atoms with E-state index in [-0.39, 0.29) is 19.0 Å². The predicted octanol–water partition coefficient (Wildman–Crippen LogP) is 2.34. The van der Waals surface area contributed by atoms with E-state index in [1.165, 1.54) is 24.3 Å². The van der Waals surface area contributed by atoms with Gasteiger partial charge in [0.25, 0.3) is 0 Å². The Morgan fingerprint density at radius 2 is 1.73 bits per heavy atom. The van der Waals surface area contributed by atoms with Crippen LogP contribution in [0.2, 0.25) is 0 Å². The van der Waals surface area contributed by atoms with E-state index in [4.69, 9.17) is 9.47 Å². The second kappa shape index (κ2) is 9.69. The molecule has 0 radical (unpaired) electrons. The zero-order chi connectivity index (χ0) is 18.8. The first-order valence-electron chi connectivity index (χ1n) is 7.72. The molecule has 6 nitrogen and oxygen atoms in total. The van der Waals surface area contributed by atoms with Crippen molar-refractivity contribution >= 4 is 22.1 Å². The number of benzene rings is 2. The monoisotopic (exact) mass is 379 g/mol. The number of sulfonamides is 1. The highest BCUT2D eigenvalue weighted by Gasteiger charge is 2.10. The molecule has 0 amide bonds. The number of carbonyl (C=O) groups excluding carboxylic acids is 1. The van der Waals surface area contributed by atoms with Crippen LogP contribution in [0.25, 0.3) is 6.08 Å². The van der Waals surface area contributed by atoms with E-state index < -0.39 is 28.4 Å². The van der Waals surface area contributed by atoms with E-state index in [0.29, 0.717) is 5.56 Å². The number of hydrogen-bond donors (Lipinski definition) is 1. The molecule has 0 spiro atoms. The molecular weight excluding hydrogens is 361 g/mol. The van der Waals surface area contributed by atoms with Gasteiger partial charge in [0.05, 0.1) is 0 Å². The van der Waals surface area contributed by atoms with Crippen molar-refractivity contribution < 1.29 is 27.1 Å². The fourth-order valence-electron chi connectivity index (χ4n) is 1.86. The molecule has 138 valence electrons. The van der Waals surface area contributed by atoms with Gasteiger partial charge in [0.1, 0.15) is 19.8 Å². The summed E-state index contributed by atoms with van der Waals surface area (Å²) in [6, 6.07) is 14.7. The number of ether oxygens (including phenoxy) is 2. The highest BCUT2D eigenvalue weighted by Crippen LogP contribution is 2.14. The standard InChI is InChI=1S/C18H18FNO5S/c19-16-8-4-5-9-17(16)24-11-12-25-18(21)14-20-26(22,23)13-10-15-6-2-1-3-7-15/h1-10,13,20H,11-12,14H2/b13-10+. The zero-order valence-corrected chi connectivity index (χ0v) is 14.6. The van der Waals surface area contributed by atoms with Crippen molar-refractivity contribution in [3.8, 4) is 5.75 Å². The van der Waals surface area contributed by atoms with Gasteiger partial charge in [-0.15, -0.1) is 0 Å². The van der Waals surface area contributed by atoms with Gasteiger partial charge in [0.2, 0.25) is 10.0 Å². The van der Waals surface area contributed by atoms with Gasteiger partial charge in [-0.1, -0.05) is 42.5 Å². The Morgan fingerprint density at radius 1 is 1.04 bits per heavy atom. The average molecular weight is 379 g/mol. The van der Waals surface area contributed by atoms with Crippen molar-refractivity contribution in [3.63, 3.8) is 0 Å². The molecule has 0 aliphatic carbocycles. The molecule has 2 aromatic carbocycles. The average Bonchev–Trinajstić information content (AvgIpc) is 2.64. The number of rotatable bonds is 9. The summed E-state index contributed by atoms with van der Waals surface area (Å²) in [5.41, 5.74) is 0.714. The first kappa shape index (κ1) is 19.6. The molecule has 0 aromatic heterocycles. The molecule has 26 heavy (non-hydrogen) atoms. The molecule has 0 aliphatic heterocycles. The highest BCUT2D eigenvalue weighted by molar-refractivity contribution is 7.92. The zero-order valence-electron chi connectivity index (χ0n) is 13.8. The lowest BCUT2D eigenvalue weighted by Gasteiger charge is -2.08. The third-order valence-electron chi connectivity index (χ3n) is 3.10. The van der Waals surface area contributed by atoms with Crippen LogP contribution in [-0.4, -0.2) is 34.1 Å². The molecule has 1 N–H and O–H groups in total. The van der Waals surface area contributed by atoms with Crippen molar-refractivity contribution in [2.45, 2.75) is 0 Å². The lowest BCUT2D eigenvalue weighted by Crippen LogP contribution is -2.30. The normalized spacial score (nSPS) is 11.4. The Morgan fingerprint density at radius 3 is 2.46 bits per heavy atom. The number of halogens is 1. The van der Waals surface area contributed by atoms with E-state index in [2.05, 4.69) is 4.72 Å². The number of nitrogens with one attached hydrogen (secondary N) is 1. The number of para-hydroxylation sites is 1. The minimum absolute atomic E-state index is 0.0483. The van der Waals surface area contributed by atoms with Crippen LogP contribution in [0.1, 0.15) is 5.56 Å². The van der Waals surface area contributed by atoms with Crippen molar-refractivity contribution in [1.82, 2.24) is 4.72 Å². The van der Waals surface area contributed by atoms with E-state index in [1.54, 1.807) is 30.3 Å². The number of esters is 1. The van der Waals surface area contributed by atoms with E-state index in [9.17, 15) is 17.6 Å². The Balaban J connectivity index is 1.69. The quantitative estimate of drug-likeness (QED) is 0.534. The minimum atomic E-state index is -3.77. The molecule has 2 rings (SSSR count). The SMILES string of the molecule is O=C(CNS(=O)(=O)/C=C/c1ccccc1)OCCOc1ccccc1F. The van der Waals surface area contributed by atoms with E-state index in [1.807, 2.05) is 6.07 Å². The second-order valence-corrected chi connectivity index (χ2v) is 6.73. The Labute approximate surface area is 151 Å². The summed E-state index contributed by atoms with van der Waals surface area (Å²) >= 11 is 0. The Hall–Kier alpha value is -2.71. The fourth-order valence-corrected chi connectivity index (χ4v) is 2.61. The number of carbonyl (C=O) groups is 1. The maximum absolute atomic E-state index is 13.3. The molecule has 0 atom stereocenters. The van der Waals surface area contributed by atoms with Crippen LogP contribution in [0.3, 0.4) is 0 Å². The van der Waals surface area contributed by atoms with Crippen LogP contribution in [0.5, 0.6) is 5.75 Å². The maximum Gasteiger partial charge on any atom is 0.321 e. The molecular formula is C18H18FNO5S. The maximum atomic E-state index is 13.3. The third-order valence-corrected chi connectivity index (χ3v) is 4.14. The van der Waals surface area contributed by atoms with Crippen LogP contribution in [0.15, 0.2) is 60.0 Å². The third kappa shape index (κ3) is 7.04. The molecule has 0 saturated heterocycles. The Bertz CT molecular complexity index is 853. The minimum Gasteiger partial charge on any atom is -0.487 e. The molecule has 0 unspecified atom stereocenters. The predicted molar refractivity (Wildman–Crippen MR) is 95.3 cm³/mol. The summed E-state index contributed by atoms with van der Waals surface area (Å²) in [6.45, 7) is -0.691. The summed E-state index contributed by atoms with van der Waals surface area (Å²) in [5.74, 6) is -1.23. The molecule has 8 heteroatoms. The van der Waals surface area contributed by atoms with E-state index >= 15 is 0 Å². The lowest BCUT2D eigenvalue weighted by molar-refractivity contribution is -0.142. The molecule has 0 heterocycles. The van der Waals surface area contributed by atoms with Gasteiger partial charge in [-0.2, -0.15) is 0 Å². The van der Waals surface area contributed by atoms with Crippen molar-refractivity contribution in [3.05, 3.63) is 71.4 Å². The summed E-state index contributed by atoms with van der Waals surface area (Å²) in [5, 5.41) is 0.969. The summed E-state index contributed by atoms with van der Waals surface area (Å²) in [4.78, 5) is 11.5. The summed E-state index contributed by atoms with van der Waals surface area (Å²) < 4.78 is 48.9. The van der Waals surface area contributed by atoms with Gasteiger partial charge < -0.3 is 9.47 Å². The van der Waals surface area contributed by atoms with Gasteiger partial charge >= 0.3 is 5.97 Å². The van der Waals surface area contributed by atoms with Crippen molar-refractivity contribution in [2.24, 2.45) is 0 Å². The van der Waals surface area contributed by atoms with Crippen LogP contribution >= 0.6 is 0 Å². The lowest BCUT2D eigenvalue weighted by atomic mass is 10.2. The van der Waals surface area contributed by atoms with E-state index in [0.717, 1.165) is 5.41 Å². The van der Waals surface area contributed by atoms with Gasteiger partial charge in [-0.3, -0.25) is 4.79 Å². The van der Waals surface area contributed by atoms with Gasteiger partial charge in [-0.25, -0.2) is 17.5 Å². The number of hydrogen-bond acceptors (Lipinski definition) is 5. The molecule has 0 aliphatic rings. The summed E-state index contributed by atoms with van der Waals surface area (Å²) in [7, 11) is -3.77. The molecule has 0 bridgehead atoms. The van der Waals surface area contributed by atoms with Gasteiger partial charge in [0.15, 0.2) is 11.6 Å².